The number of rotatable bonds is 7. The summed E-state index contributed by atoms with van der Waals surface area (Å²) in [6.07, 6.45) is -2.54. The van der Waals surface area contributed by atoms with Crippen molar-refractivity contribution >= 4 is 16.9 Å². The van der Waals surface area contributed by atoms with Gasteiger partial charge in [0, 0.05) is 25.4 Å². The molecule has 0 aliphatic carbocycles. The zero-order valence-corrected chi connectivity index (χ0v) is 15.2. The molecule has 0 atom stereocenters. The van der Waals surface area contributed by atoms with Crippen LogP contribution in [0.2, 0.25) is 0 Å². The van der Waals surface area contributed by atoms with Crippen molar-refractivity contribution in [3.05, 3.63) is 54.0 Å². The van der Waals surface area contributed by atoms with Gasteiger partial charge in [0.2, 0.25) is 5.88 Å². The van der Waals surface area contributed by atoms with Crippen molar-refractivity contribution in [1.82, 2.24) is 19.9 Å². The number of fused-ring (bicyclic) bond motifs is 1. The van der Waals surface area contributed by atoms with Crippen molar-refractivity contribution in [2.75, 3.05) is 13.2 Å². The molecule has 9 heteroatoms. The van der Waals surface area contributed by atoms with Crippen LogP contribution in [0.25, 0.3) is 11.0 Å². The van der Waals surface area contributed by atoms with Crippen molar-refractivity contribution in [1.29, 1.82) is 0 Å². The number of aromatic nitrogens is 3. The van der Waals surface area contributed by atoms with E-state index >= 15 is 0 Å². The molecule has 2 aromatic heterocycles. The number of benzene rings is 1. The standard InChI is InChI=1S/C19H19F3N4O2/c1-13-25-15-5-2-3-6-16(15)26(13)10-4-9-23-18(27)14-7-8-17(24-11-14)28-12-19(20,21)22/h2-3,5-8,11H,4,9-10,12H2,1H3,(H,23,27). The molecule has 0 unspecified atom stereocenters. The zero-order chi connectivity index (χ0) is 20.1. The molecule has 1 N–H and O–H groups in total. The van der Waals surface area contributed by atoms with Crippen molar-refractivity contribution in [2.45, 2.75) is 26.1 Å². The Labute approximate surface area is 159 Å². The molecule has 3 aromatic rings. The predicted octanol–water partition coefficient (Wildman–Crippen LogP) is 3.50. The Balaban J connectivity index is 1.48. The Bertz CT molecular complexity index is 952. The van der Waals surface area contributed by atoms with Gasteiger partial charge >= 0.3 is 6.18 Å². The van der Waals surface area contributed by atoms with Gasteiger partial charge in [-0.3, -0.25) is 4.79 Å². The Morgan fingerprint density at radius 1 is 1.21 bits per heavy atom. The fraction of sp³-hybridized carbons (Fsp3) is 0.316. The maximum atomic E-state index is 12.1. The van der Waals surface area contributed by atoms with E-state index in [1.165, 1.54) is 18.3 Å². The first-order valence-corrected chi connectivity index (χ1v) is 8.69. The molecule has 0 aliphatic rings. The van der Waals surface area contributed by atoms with E-state index in [2.05, 4.69) is 24.6 Å². The number of carbonyl (C=O) groups is 1. The summed E-state index contributed by atoms with van der Waals surface area (Å²) < 4.78 is 42.9. The third-order valence-corrected chi connectivity index (χ3v) is 4.07. The van der Waals surface area contributed by atoms with Crippen LogP contribution in [-0.4, -0.2) is 39.8 Å². The second kappa shape index (κ2) is 8.28. The molecule has 0 saturated heterocycles. The molecule has 0 spiro atoms. The van der Waals surface area contributed by atoms with Crippen LogP contribution in [0, 0.1) is 6.92 Å². The maximum Gasteiger partial charge on any atom is 0.422 e. The summed E-state index contributed by atoms with van der Waals surface area (Å²) in [4.78, 5) is 20.3. The minimum atomic E-state index is -4.43. The number of imidazole rings is 1. The van der Waals surface area contributed by atoms with Crippen LogP contribution < -0.4 is 10.1 Å². The topological polar surface area (TPSA) is 69.0 Å². The van der Waals surface area contributed by atoms with Crippen LogP contribution in [0.3, 0.4) is 0 Å². The molecule has 28 heavy (non-hydrogen) atoms. The lowest BCUT2D eigenvalue weighted by Gasteiger charge is -2.10. The van der Waals surface area contributed by atoms with Crippen molar-refractivity contribution < 1.29 is 22.7 Å². The number of carbonyl (C=O) groups excluding carboxylic acids is 1. The summed E-state index contributed by atoms with van der Waals surface area (Å²) in [5, 5.41) is 2.77. The summed E-state index contributed by atoms with van der Waals surface area (Å²) in [6, 6.07) is 10.5. The minimum Gasteiger partial charge on any atom is -0.468 e. The first kappa shape index (κ1) is 19.7. The second-order valence-corrected chi connectivity index (χ2v) is 6.20. The van der Waals surface area contributed by atoms with Gasteiger partial charge in [-0.2, -0.15) is 13.2 Å². The predicted molar refractivity (Wildman–Crippen MR) is 97.2 cm³/mol. The van der Waals surface area contributed by atoms with Gasteiger partial charge in [-0.05, 0) is 31.5 Å². The SMILES string of the molecule is Cc1nc2ccccc2n1CCCNC(=O)c1ccc(OCC(F)(F)F)nc1. The van der Waals surface area contributed by atoms with E-state index in [1.54, 1.807) is 0 Å². The number of ether oxygens (including phenoxy) is 1. The monoisotopic (exact) mass is 392 g/mol. The molecule has 0 saturated carbocycles. The number of para-hydroxylation sites is 2. The van der Waals surface area contributed by atoms with E-state index in [-0.39, 0.29) is 17.4 Å². The number of halogens is 3. The molecule has 1 amide bonds. The van der Waals surface area contributed by atoms with E-state index in [0.717, 1.165) is 16.9 Å². The minimum absolute atomic E-state index is 0.184. The van der Waals surface area contributed by atoms with E-state index < -0.39 is 12.8 Å². The summed E-state index contributed by atoms with van der Waals surface area (Å²) in [6.45, 7) is 1.66. The average Bonchev–Trinajstić information content (AvgIpc) is 2.98. The van der Waals surface area contributed by atoms with E-state index in [4.69, 9.17) is 0 Å². The van der Waals surface area contributed by atoms with Crippen LogP contribution >= 0.6 is 0 Å². The summed E-state index contributed by atoms with van der Waals surface area (Å²) >= 11 is 0. The first-order valence-electron chi connectivity index (χ1n) is 8.69. The van der Waals surface area contributed by atoms with Crippen molar-refractivity contribution in [2.24, 2.45) is 0 Å². The molecular formula is C19H19F3N4O2. The number of nitrogens with one attached hydrogen (secondary N) is 1. The van der Waals surface area contributed by atoms with Gasteiger partial charge in [0.25, 0.3) is 5.91 Å². The van der Waals surface area contributed by atoms with Crippen LogP contribution in [0.15, 0.2) is 42.6 Å². The second-order valence-electron chi connectivity index (χ2n) is 6.20. The number of nitrogens with zero attached hydrogens (tertiary/aromatic N) is 3. The van der Waals surface area contributed by atoms with Gasteiger partial charge in [0.15, 0.2) is 6.61 Å². The van der Waals surface area contributed by atoms with Crippen LogP contribution in [0.4, 0.5) is 13.2 Å². The number of hydrogen-bond donors (Lipinski definition) is 1. The fourth-order valence-electron chi connectivity index (χ4n) is 2.78. The molecule has 2 heterocycles. The van der Waals surface area contributed by atoms with Crippen LogP contribution in [-0.2, 0) is 6.54 Å². The fourth-order valence-corrected chi connectivity index (χ4v) is 2.78. The Hall–Kier alpha value is -3.10. The quantitative estimate of drug-likeness (QED) is 0.625. The normalized spacial score (nSPS) is 11.6. The lowest BCUT2D eigenvalue weighted by atomic mass is 10.2. The van der Waals surface area contributed by atoms with Crippen molar-refractivity contribution in [3.8, 4) is 5.88 Å². The highest BCUT2D eigenvalue weighted by molar-refractivity contribution is 5.93. The smallest absolute Gasteiger partial charge is 0.422 e. The number of amides is 1. The zero-order valence-electron chi connectivity index (χ0n) is 15.2. The summed E-state index contributed by atoms with van der Waals surface area (Å²) in [7, 11) is 0. The highest BCUT2D eigenvalue weighted by atomic mass is 19.4. The number of aryl methyl sites for hydroxylation is 2. The molecule has 0 fully saturated rings. The van der Waals surface area contributed by atoms with Gasteiger partial charge in [0.05, 0.1) is 16.6 Å². The molecule has 0 bridgehead atoms. The molecule has 148 valence electrons. The van der Waals surface area contributed by atoms with Crippen LogP contribution in [0.1, 0.15) is 22.6 Å². The van der Waals surface area contributed by atoms with Gasteiger partial charge < -0.3 is 14.6 Å². The third kappa shape index (κ3) is 4.99. The number of pyridine rings is 1. The maximum absolute atomic E-state index is 12.1. The van der Waals surface area contributed by atoms with Crippen molar-refractivity contribution in [3.63, 3.8) is 0 Å². The Morgan fingerprint density at radius 3 is 2.71 bits per heavy atom. The van der Waals surface area contributed by atoms with E-state index in [9.17, 15) is 18.0 Å². The molecule has 0 radical (unpaired) electrons. The van der Waals surface area contributed by atoms with Crippen LogP contribution in [0.5, 0.6) is 5.88 Å². The van der Waals surface area contributed by atoms with Gasteiger partial charge in [-0.25, -0.2) is 9.97 Å². The Morgan fingerprint density at radius 2 is 2.00 bits per heavy atom. The highest BCUT2D eigenvalue weighted by Gasteiger charge is 2.28. The Kier molecular flexibility index (Phi) is 5.81. The molecule has 3 rings (SSSR count). The summed E-state index contributed by atoms with van der Waals surface area (Å²) in [5.41, 5.74) is 2.23. The van der Waals surface area contributed by atoms with Gasteiger partial charge in [0.1, 0.15) is 5.82 Å². The van der Waals surface area contributed by atoms with Gasteiger partial charge in [-0.15, -0.1) is 0 Å². The average molecular weight is 392 g/mol. The van der Waals surface area contributed by atoms with E-state index in [1.807, 2.05) is 31.2 Å². The lowest BCUT2D eigenvalue weighted by Crippen LogP contribution is -2.25. The highest BCUT2D eigenvalue weighted by Crippen LogP contribution is 2.17. The first-order chi connectivity index (χ1) is 13.3. The molecule has 1 aromatic carbocycles. The van der Waals surface area contributed by atoms with E-state index in [0.29, 0.717) is 19.5 Å². The van der Waals surface area contributed by atoms with Gasteiger partial charge in [-0.1, -0.05) is 12.1 Å². The largest absolute Gasteiger partial charge is 0.468 e. The lowest BCUT2D eigenvalue weighted by molar-refractivity contribution is -0.154. The molecular weight excluding hydrogens is 373 g/mol. The number of hydrogen-bond acceptors (Lipinski definition) is 4. The third-order valence-electron chi connectivity index (χ3n) is 4.07. The molecule has 0 aliphatic heterocycles. The number of alkyl halides is 3. The molecule has 6 nitrogen and oxygen atoms in total. The summed E-state index contributed by atoms with van der Waals surface area (Å²) in [5.74, 6) is 0.379.